The van der Waals surface area contributed by atoms with Gasteiger partial charge in [0.25, 0.3) is 11.6 Å². The molecule has 26 heavy (non-hydrogen) atoms. The van der Waals surface area contributed by atoms with Gasteiger partial charge < -0.3 is 10.2 Å². The molecule has 3 rings (SSSR count). The number of aromatic nitrogens is 2. The Kier molecular flexibility index (Phi) is 6.70. The Bertz CT molecular complexity index is 760. The molecule has 1 amide bonds. The number of carbonyl (C=O) groups is 1. The van der Waals surface area contributed by atoms with Gasteiger partial charge in [0.2, 0.25) is 0 Å². The van der Waals surface area contributed by atoms with Crippen LogP contribution in [-0.2, 0) is 0 Å². The van der Waals surface area contributed by atoms with Gasteiger partial charge in [-0.25, -0.2) is 4.68 Å². The van der Waals surface area contributed by atoms with Crippen LogP contribution >= 0.6 is 12.4 Å². The van der Waals surface area contributed by atoms with Crippen LogP contribution in [0, 0.1) is 16.0 Å². The summed E-state index contributed by atoms with van der Waals surface area (Å²) < 4.78 is 1.56. The zero-order chi connectivity index (χ0) is 17.8. The lowest BCUT2D eigenvalue weighted by Gasteiger charge is -2.32. The van der Waals surface area contributed by atoms with E-state index >= 15 is 0 Å². The van der Waals surface area contributed by atoms with Crippen LogP contribution in [-0.4, -0.2) is 52.2 Å². The maximum atomic E-state index is 12.7. The fourth-order valence-electron chi connectivity index (χ4n) is 3.19. The molecule has 1 fully saturated rings. The number of nitrogens with zero attached hydrogens (tertiary/aromatic N) is 4. The second-order valence-electron chi connectivity index (χ2n) is 6.26. The molecule has 0 bridgehead atoms. The molecule has 1 aromatic carbocycles. The molecule has 1 N–H and O–H groups in total. The lowest BCUT2D eigenvalue weighted by molar-refractivity contribution is -0.384. The van der Waals surface area contributed by atoms with Gasteiger partial charge in [0.05, 0.1) is 22.4 Å². The fourth-order valence-corrected chi connectivity index (χ4v) is 3.19. The molecule has 1 unspecified atom stereocenters. The number of carbonyl (C=O) groups excluding carboxylic acids is 1. The minimum atomic E-state index is -0.445. The SMILES string of the molecule is CNCC1CCCN(C(=O)c2cnn(-c3ccc([N+](=O)[O-])cc3)c2)C1.Cl. The highest BCUT2D eigenvalue weighted by molar-refractivity contribution is 5.93. The lowest BCUT2D eigenvalue weighted by Crippen LogP contribution is -2.42. The number of piperidine rings is 1. The molecule has 1 aliphatic rings. The van der Waals surface area contributed by atoms with Crippen molar-refractivity contribution < 1.29 is 9.72 Å². The lowest BCUT2D eigenvalue weighted by atomic mass is 9.97. The summed E-state index contributed by atoms with van der Waals surface area (Å²) in [5.41, 5.74) is 1.23. The van der Waals surface area contributed by atoms with Gasteiger partial charge in [-0.1, -0.05) is 0 Å². The first-order valence-electron chi connectivity index (χ1n) is 8.32. The maximum absolute atomic E-state index is 12.7. The van der Waals surface area contributed by atoms with Crippen molar-refractivity contribution in [3.63, 3.8) is 0 Å². The van der Waals surface area contributed by atoms with Crippen molar-refractivity contribution in [2.45, 2.75) is 12.8 Å². The molecule has 0 aliphatic carbocycles. The van der Waals surface area contributed by atoms with Crippen molar-refractivity contribution in [1.29, 1.82) is 0 Å². The summed E-state index contributed by atoms with van der Waals surface area (Å²) in [6.45, 7) is 2.43. The van der Waals surface area contributed by atoms with Gasteiger partial charge in [-0.15, -0.1) is 12.4 Å². The molecule has 1 saturated heterocycles. The first kappa shape index (κ1) is 19.9. The van der Waals surface area contributed by atoms with Crippen LogP contribution in [0.25, 0.3) is 5.69 Å². The van der Waals surface area contributed by atoms with Crippen LogP contribution < -0.4 is 5.32 Å². The molecule has 2 heterocycles. The van der Waals surface area contributed by atoms with Crippen molar-refractivity contribution in [2.24, 2.45) is 5.92 Å². The number of hydrogen-bond acceptors (Lipinski definition) is 5. The number of amides is 1. The van der Waals surface area contributed by atoms with E-state index in [2.05, 4.69) is 10.4 Å². The van der Waals surface area contributed by atoms with Crippen LogP contribution in [0.2, 0.25) is 0 Å². The second-order valence-corrected chi connectivity index (χ2v) is 6.26. The molecule has 1 atom stereocenters. The first-order chi connectivity index (χ1) is 12.1. The molecular formula is C17H22ClN5O3. The van der Waals surface area contributed by atoms with E-state index in [1.807, 2.05) is 11.9 Å². The van der Waals surface area contributed by atoms with Crippen molar-refractivity contribution >= 4 is 24.0 Å². The van der Waals surface area contributed by atoms with E-state index in [1.165, 1.54) is 12.1 Å². The number of likely N-dealkylation sites (tertiary alicyclic amines) is 1. The number of hydrogen-bond donors (Lipinski definition) is 1. The molecular weight excluding hydrogens is 358 g/mol. The number of nitro groups is 1. The van der Waals surface area contributed by atoms with E-state index < -0.39 is 4.92 Å². The highest BCUT2D eigenvalue weighted by Gasteiger charge is 2.25. The smallest absolute Gasteiger partial charge is 0.269 e. The highest BCUT2D eigenvalue weighted by Crippen LogP contribution is 2.19. The van der Waals surface area contributed by atoms with Gasteiger partial charge in [0.15, 0.2) is 0 Å². The summed E-state index contributed by atoms with van der Waals surface area (Å²) in [6.07, 6.45) is 5.36. The molecule has 1 aromatic heterocycles. The third kappa shape index (κ3) is 4.39. The summed E-state index contributed by atoms with van der Waals surface area (Å²) in [5.74, 6) is 0.460. The van der Waals surface area contributed by atoms with Crippen LogP contribution in [0.3, 0.4) is 0 Å². The fraction of sp³-hybridized carbons (Fsp3) is 0.412. The standard InChI is InChI=1S/C17H21N5O3.ClH/c1-18-9-13-3-2-8-20(11-13)17(23)14-10-19-21(12-14)15-4-6-16(7-5-15)22(24)25;/h4-7,10,12-13,18H,2-3,8-9,11H2,1H3;1H. The maximum Gasteiger partial charge on any atom is 0.269 e. The average molecular weight is 380 g/mol. The Hall–Kier alpha value is -2.45. The Labute approximate surface area is 157 Å². The zero-order valence-electron chi connectivity index (χ0n) is 14.5. The van der Waals surface area contributed by atoms with Gasteiger partial charge >= 0.3 is 0 Å². The topological polar surface area (TPSA) is 93.3 Å². The van der Waals surface area contributed by atoms with Crippen molar-refractivity contribution in [3.8, 4) is 5.69 Å². The number of nitro benzene ring substituents is 1. The molecule has 0 spiro atoms. The van der Waals surface area contributed by atoms with Gasteiger partial charge in [-0.3, -0.25) is 14.9 Å². The van der Waals surface area contributed by atoms with E-state index in [9.17, 15) is 14.9 Å². The Morgan fingerprint density at radius 2 is 2.12 bits per heavy atom. The summed E-state index contributed by atoms with van der Waals surface area (Å²) in [6, 6.07) is 6.07. The number of halogens is 1. The molecule has 0 radical (unpaired) electrons. The largest absolute Gasteiger partial charge is 0.338 e. The summed E-state index contributed by atoms with van der Waals surface area (Å²) in [7, 11) is 1.93. The van der Waals surface area contributed by atoms with Gasteiger partial charge in [-0.2, -0.15) is 5.10 Å². The third-order valence-electron chi connectivity index (χ3n) is 4.45. The van der Waals surface area contributed by atoms with Gasteiger partial charge in [0, 0.05) is 31.4 Å². The summed E-state index contributed by atoms with van der Waals surface area (Å²) in [5, 5.41) is 18.1. The molecule has 8 nitrogen and oxygen atoms in total. The number of rotatable bonds is 5. The van der Waals surface area contributed by atoms with E-state index in [-0.39, 0.29) is 24.0 Å². The average Bonchev–Trinajstić information content (AvgIpc) is 3.12. The number of benzene rings is 1. The number of nitrogens with one attached hydrogen (secondary N) is 1. The molecule has 2 aromatic rings. The van der Waals surface area contributed by atoms with E-state index in [0.29, 0.717) is 17.2 Å². The van der Waals surface area contributed by atoms with Gasteiger partial charge in [0.1, 0.15) is 0 Å². The molecule has 140 valence electrons. The quantitative estimate of drug-likeness (QED) is 0.635. The third-order valence-corrected chi connectivity index (χ3v) is 4.45. The van der Waals surface area contributed by atoms with Crippen LogP contribution in [0.15, 0.2) is 36.7 Å². The van der Waals surface area contributed by atoms with Crippen LogP contribution in [0.1, 0.15) is 23.2 Å². The highest BCUT2D eigenvalue weighted by atomic mass is 35.5. The summed E-state index contributed by atoms with van der Waals surface area (Å²) in [4.78, 5) is 24.9. The van der Waals surface area contributed by atoms with Crippen LogP contribution in [0.4, 0.5) is 5.69 Å². The zero-order valence-corrected chi connectivity index (χ0v) is 15.3. The molecule has 9 heteroatoms. The van der Waals surface area contributed by atoms with Crippen molar-refractivity contribution in [2.75, 3.05) is 26.7 Å². The predicted molar refractivity (Wildman–Crippen MR) is 100 cm³/mol. The normalized spacial score (nSPS) is 16.8. The van der Waals surface area contributed by atoms with Gasteiger partial charge in [-0.05, 0) is 44.5 Å². The predicted octanol–water partition coefficient (Wildman–Crippen LogP) is 2.27. The van der Waals surface area contributed by atoms with E-state index in [1.54, 1.807) is 29.2 Å². The van der Waals surface area contributed by atoms with Crippen molar-refractivity contribution in [1.82, 2.24) is 20.0 Å². The van der Waals surface area contributed by atoms with Crippen molar-refractivity contribution in [3.05, 3.63) is 52.3 Å². The minimum Gasteiger partial charge on any atom is -0.338 e. The molecule has 0 saturated carbocycles. The number of non-ortho nitro benzene ring substituents is 1. The Balaban J connectivity index is 0.00000243. The molecule has 1 aliphatic heterocycles. The minimum absolute atomic E-state index is 0. The Morgan fingerprint density at radius 1 is 1.38 bits per heavy atom. The van der Waals surface area contributed by atoms with Crippen LogP contribution in [0.5, 0.6) is 0 Å². The van der Waals surface area contributed by atoms with E-state index in [4.69, 9.17) is 0 Å². The van der Waals surface area contributed by atoms with E-state index in [0.717, 1.165) is 32.5 Å². The summed E-state index contributed by atoms with van der Waals surface area (Å²) >= 11 is 0. The second kappa shape index (κ2) is 8.77. The monoisotopic (exact) mass is 379 g/mol. The first-order valence-corrected chi connectivity index (χ1v) is 8.32. The Morgan fingerprint density at radius 3 is 2.77 bits per heavy atom.